The highest BCUT2D eigenvalue weighted by Crippen LogP contribution is 2.36. The molecule has 0 spiro atoms. The standard InChI is InChI=1S/C14H20F3N3/c1-18-10-5-7-11(8-6-10)20(2)13-12(14(15,16)17)4-3-9-19-13/h3-4,9-11,18H,5-8H2,1-2H3. The lowest BCUT2D eigenvalue weighted by atomic mass is 9.90. The van der Waals surface area contributed by atoms with Crippen molar-refractivity contribution in [3.05, 3.63) is 23.9 Å². The largest absolute Gasteiger partial charge is 0.419 e. The van der Waals surface area contributed by atoms with Crippen molar-refractivity contribution in [1.29, 1.82) is 0 Å². The zero-order chi connectivity index (χ0) is 14.8. The maximum absolute atomic E-state index is 13.0. The first kappa shape index (κ1) is 15.1. The Labute approximate surface area is 117 Å². The summed E-state index contributed by atoms with van der Waals surface area (Å²) in [6.45, 7) is 0. The molecule has 0 atom stereocenters. The number of aromatic nitrogens is 1. The molecule has 3 nitrogen and oxygen atoms in total. The quantitative estimate of drug-likeness (QED) is 0.926. The molecule has 1 saturated carbocycles. The molecule has 1 aliphatic carbocycles. The molecule has 1 aromatic rings. The molecule has 0 amide bonds. The van der Waals surface area contributed by atoms with Gasteiger partial charge in [0.05, 0.1) is 5.56 Å². The van der Waals surface area contributed by atoms with E-state index in [1.54, 1.807) is 11.9 Å². The zero-order valence-corrected chi connectivity index (χ0v) is 11.7. The van der Waals surface area contributed by atoms with E-state index in [1.165, 1.54) is 12.3 Å². The fraction of sp³-hybridized carbons (Fsp3) is 0.643. The molecule has 6 heteroatoms. The van der Waals surface area contributed by atoms with Gasteiger partial charge >= 0.3 is 6.18 Å². The Morgan fingerprint density at radius 2 is 1.90 bits per heavy atom. The van der Waals surface area contributed by atoms with Gasteiger partial charge in [-0.2, -0.15) is 13.2 Å². The molecule has 0 bridgehead atoms. The van der Waals surface area contributed by atoms with Gasteiger partial charge in [-0.15, -0.1) is 0 Å². The molecular formula is C14H20F3N3. The smallest absolute Gasteiger partial charge is 0.356 e. The summed E-state index contributed by atoms with van der Waals surface area (Å²) in [6.07, 6.45) is 0.797. The molecule has 112 valence electrons. The van der Waals surface area contributed by atoms with Gasteiger partial charge in [-0.25, -0.2) is 4.98 Å². The molecule has 1 fully saturated rings. The van der Waals surface area contributed by atoms with Crippen LogP contribution in [0, 0.1) is 0 Å². The lowest BCUT2D eigenvalue weighted by Crippen LogP contribution is -2.40. The summed E-state index contributed by atoms with van der Waals surface area (Å²) >= 11 is 0. The number of nitrogens with one attached hydrogen (secondary N) is 1. The van der Waals surface area contributed by atoms with E-state index >= 15 is 0 Å². The van der Waals surface area contributed by atoms with Gasteiger partial charge in [0.2, 0.25) is 0 Å². The molecule has 20 heavy (non-hydrogen) atoms. The number of hydrogen-bond donors (Lipinski definition) is 1. The number of pyridine rings is 1. The Hall–Kier alpha value is -1.30. The Bertz CT molecular complexity index is 440. The number of alkyl halides is 3. The van der Waals surface area contributed by atoms with Crippen LogP contribution in [0.5, 0.6) is 0 Å². The van der Waals surface area contributed by atoms with Gasteiger partial charge in [-0.1, -0.05) is 0 Å². The first-order valence-electron chi connectivity index (χ1n) is 6.85. The van der Waals surface area contributed by atoms with E-state index in [0.717, 1.165) is 31.7 Å². The summed E-state index contributed by atoms with van der Waals surface area (Å²) in [5, 5.41) is 3.22. The van der Waals surface area contributed by atoms with Gasteiger partial charge in [-0.3, -0.25) is 0 Å². The van der Waals surface area contributed by atoms with E-state index < -0.39 is 11.7 Å². The Morgan fingerprint density at radius 1 is 1.25 bits per heavy atom. The van der Waals surface area contributed by atoms with Crippen molar-refractivity contribution < 1.29 is 13.2 Å². The molecule has 0 radical (unpaired) electrons. The van der Waals surface area contributed by atoms with Crippen LogP contribution in [0.2, 0.25) is 0 Å². The minimum atomic E-state index is -4.36. The molecule has 1 N–H and O–H groups in total. The highest BCUT2D eigenvalue weighted by molar-refractivity contribution is 5.48. The van der Waals surface area contributed by atoms with Gasteiger partial charge in [0.25, 0.3) is 0 Å². The summed E-state index contributed by atoms with van der Waals surface area (Å²) in [4.78, 5) is 5.64. The van der Waals surface area contributed by atoms with Gasteiger partial charge in [0, 0.05) is 25.3 Å². The number of nitrogens with zero attached hydrogens (tertiary/aromatic N) is 2. The monoisotopic (exact) mass is 287 g/mol. The van der Waals surface area contributed by atoms with Crippen LogP contribution in [0.4, 0.5) is 19.0 Å². The fourth-order valence-electron chi connectivity index (χ4n) is 2.82. The maximum atomic E-state index is 13.0. The van der Waals surface area contributed by atoms with E-state index in [9.17, 15) is 13.2 Å². The molecule has 0 unspecified atom stereocenters. The van der Waals surface area contributed by atoms with Crippen LogP contribution >= 0.6 is 0 Å². The van der Waals surface area contributed by atoms with Crippen molar-refractivity contribution in [2.24, 2.45) is 0 Å². The SMILES string of the molecule is CNC1CCC(N(C)c2ncccc2C(F)(F)F)CC1. The van der Waals surface area contributed by atoms with E-state index in [1.807, 2.05) is 7.05 Å². The van der Waals surface area contributed by atoms with Crippen LogP contribution in [-0.2, 0) is 6.18 Å². The van der Waals surface area contributed by atoms with Crippen LogP contribution in [-0.4, -0.2) is 31.2 Å². The number of halogens is 3. The van der Waals surface area contributed by atoms with Crippen molar-refractivity contribution in [3.63, 3.8) is 0 Å². The van der Waals surface area contributed by atoms with Crippen LogP contribution in [0.3, 0.4) is 0 Å². The molecule has 0 aliphatic heterocycles. The second-order valence-corrected chi connectivity index (χ2v) is 5.28. The van der Waals surface area contributed by atoms with Crippen LogP contribution in [0.25, 0.3) is 0 Å². The topological polar surface area (TPSA) is 28.2 Å². The van der Waals surface area contributed by atoms with Crippen molar-refractivity contribution in [1.82, 2.24) is 10.3 Å². The zero-order valence-electron chi connectivity index (χ0n) is 11.7. The van der Waals surface area contributed by atoms with E-state index in [2.05, 4.69) is 10.3 Å². The van der Waals surface area contributed by atoms with Crippen LogP contribution in [0.1, 0.15) is 31.2 Å². The van der Waals surface area contributed by atoms with E-state index in [0.29, 0.717) is 6.04 Å². The average Bonchev–Trinajstić information content (AvgIpc) is 2.46. The Morgan fingerprint density at radius 3 is 2.45 bits per heavy atom. The highest BCUT2D eigenvalue weighted by atomic mass is 19.4. The maximum Gasteiger partial charge on any atom is 0.419 e. The van der Waals surface area contributed by atoms with Gasteiger partial charge in [-0.05, 0) is 44.9 Å². The summed E-state index contributed by atoms with van der Waals surface area (Å²) < 4.78 is 39.0. The molecular weight excluding hydrogens is 267 g/mol. The number of rotatable bonds is 3. The number of hydrogen-bond acceptors (Lipinski definition) is 3. The summed E-state index contributed by atoms with van der Waals surface area (Å²) in [6, 6.07) is 3.02. The minimum Gasteiger partial charge on any atom is -0.356 e. The Kier molecular flexibility index (Phi) is 4.52. The van der Waals surface area contributed by atoms with Gasteiger partial charge in [0.15, 0.2) is 0 Å². The van der Waals surface area contributed by atoms with Gasteiger partial charge < -0.3 is 10.2 Å². The van der Waals surface area contributed by atoms with Crippen LogP contribution in [0.15, 0.2) is 18.3 Å². The molecule has 1 heterocycles. The summed E-state index contributed by atoms with van der Waals surface area (Å²) in [7, 11) is 3.64. The second kappa shape index (κ2) is 5.99. The molecule has 1 aromatic heterocycles. The van der Waals surface area contributed by atoms with Gasteiger partial charge in [0.1, 0.15) is 5.82 Å². The first-order valence-corrected chi connectivity index (χ1v) is 6.85. The van der Waals surface area contributed by atoms with Crippen molar-refractivity contribution in [3.8, 4) is 0 Å². The predicted molar refractivity (Wildman–Crippen MR) is 72.7 cm³/mol. The average molecular weight is 287 g/mol. The third kappa shape index (κ3) is 3.23. The summed E-state index contributed by atoms with van der Waals surface area (Å²) in [5.74, 6) is 0.0351. The minimum absolute atomic E-state index is 0.0351. The molecule has 1 aliphatic rings. The molecule has 0 aromatic carbocycles. The van der Waals surface area contributed by atoms with Crippen molar-refractivity contribution >= 4 is 5.82 Å². The number of anilines is 1. The lowest BCUT2D eigenvalue weighted by molar-refractivity contribution is -0.137. The third-order valence-electron chi connectivity index (χ3n) is 4.08. The summed E-state index contributed by atoms with van der Waals surface area (Å²) in [5.41, 5.74) is -0.654. The van der Waals surface area contributed by atoms with Crippen molar-refractivity contribution in [2.45, 2.75) is 43.9 Å². The van der Waals surface area contributed by atoms with E-state index in [-0.39, 0.29) is 11.9 Å². The predicted octanol–water partition coefficient (Wildman–Crippen LogP) is 3.07. The molecule has 0 saturated heterocycles. The lowest BCUT2D eigenvalue weighted by Gasteiger charge is -2.36. The molecule has 2 rings (SSSR count). The Balaban J connectivity index is 2.16. The van der Waals surface area contributed by atoms with E-state index in [4.69, 9.17) is 0 Å². The fourth-order valence-corrected chi connectivity index (χ4v) is 2.82. The third-order valence-corrected chi connectivity index (χ3v) is 4.08. The second-order valence-electron chi connectivity index (χ2n) is 5.28. The first-order chi connectivity index (χ1) is 9.43. The highest BCUT2D eigenvalue weighted by Gasteiger charge is 2.36. The van der Waals surface area contributed by atoms with Crippen molar-refractivity contribution in [2.75, 3.05) is 19.0 Å². The normalized spacial score (nSPS) is 23.6. The van der Waals surface area contributed by atoms with Crippen LogP contribution < -0.4 is 10.2 Å².